The quantitative estimate of drug-likeness (QED) is 0.816. The number of aliphatic hydroxyl groups is 1. The van der Waals surface area contributed by atoms with Gasteiger partial charge in [0.2, 0.25) is 0 Å². The third-order valence-electron chi connectivity index (χ3n) is 3.73. The van der Waals surface area contributed by atoms with Crippen LogP contribution in [0.15, 0.2) is 18.2 Å². The third kappa shape index (κ3) is 2.07. The largest absolute Gasteiger partial charge is 0.392 e. The lowest BCUT2D eigenvalue weighted by molar-refractivity contribution is -0.0510. The average molecular weight is 331 g/mol. The van der Waals surface area contributed by atoms with Gasteiger partial charge in [-0.3, -0.25) is 0 Å². The summed E-state index contributed by atoms with van der Waals surface area (Å²) in [5, 5.41) is 13.2. The van der Waals surface area contributed by atoms with Crippen molar-refractivity contribution in [3.63, 3.8) is 0 Å². The van der Waals surface area contributed by atoms with E-state index >= 15 is 0 Å². The molecular formula is C13H18INO. The Morgan fingerprint density at radius 1 is 1.44 bits per heavy atom. The minimum absolute atomic E-state index is 0.0175. The van der Waals surface area contributed by atoms with E-state index in [1.807, 2.05) is 0 Å². The van der Waals surface area contributed by atoms with Gasteiger partial charge in [-0.05, 0) is 53.6 Å². The highest BCUT2D eigenvalue weighted by Gasteiger charge is 2.47. The van der Waals surface area contributed by atoms with Gasteiger partial charge < -0.3 is 10.4 Å². The van der Waals surface area contributed by atoms with E-state index in [0.717, 1.165) is 12.1 Å². The van der Waals surface area contributed by atoms with Crippen molar-refractivity contribution in [3.8, 4) is 0 Å². The molecule has 88 valence electrons. The molecule has 0 heterocycles. The molecule has 2 unspecified atom stereocenters. The smallest absolute Gasteiger partial charge is 0.0630 e. The van der Waals surface area contributed by atoms with Crippen LogP contribution in [0, 0.1) is 15.9 Å². The van der Waals surface area contributed by atoms with Gasteiger partial charge in [0.05, 0.1) is 6.10 Å². The Balaban J connectivity index is 2.08. The Morgan fingerprint density at radius 2 is 2.12 bits per heavy atom. The van der Waals surface area contributed by atoms with Crippen LogP contribution in [-0.2, 0) is 0 Å². The van der Waals surface area contributed by atoms with Gasteiger partial charge in [-0.25, -0.2) is 0 Å². The maximum atomic E-state index is 9.68. The van der Waals surface area contributed by atoms with E-state index in [1.54, 1.807) is 0 Å². The summed E-state index contributed by atoms with van der Waals surface area (Å²) in [5.41, 5.74) is 2.44. The van der Waals surface area contributed by atoms with Crippen LogP contribution in [-0.4, -0.2) is 17.3 Å². The predicted molar refractivity (Wildman–Crippen MR) is 75.7 cm³/mol. The standard InChI is InChI=1S/C13H18INO/c1-8-4-5-9(6-10(8)14)15-11-7-12(16)13(11,2)3/h4-6,11-12,15-16H,7H2,1-3H3. The monoisotopic (exact) mass is 331 g/mol. The summed E-state index contributed by atoms with van der Waals surface area (Å²) in [4.78, 5) is 0. The molecule has 0 spiro atoms. The number of nitrogens with one attached hydrogen (secondary N) is 1. The van der Waals surface area contributed by atoms with E-state index in [1.165, 1.54) is 9.13 Å². The van der Waals surface area contributed by atoms with E-state index in [9.17, 15) is 5.11 Å². The number of halogens is 1. The molecule has 0 saturated heterocycles. The van der Waals surface area contributed by atoms with Crippen molar-refractivity contribution in [2.75, 3.05) is 5.32 Å². The number of anilines is 1. The molecule has 1 aliphatic rings. The summed E-state index contributed by atoms with van der Waals surface area (Å²) in [6.45, 7) is 6.33. The van der Waals surface area contributed by atoms with Crippen LogP contribution in [0.5, 0.6) is 0 Å². The molecule has 2 nitrogen and oxygen atoms in total. The fourth-order valence-electron chi connectivity index (χ4n) is 2.03. The average Bonchev–Trinajstić information content (AvgIpc) is 2.23. The topological polar surface area (TPSA) is 32.3 Å². The van der Waals surface area contributed by atoms with E-state index in [0.29, 0.717) is 6.04 Å². The summed E-state index contributed by atoms with van der Waals surface area (Å²) in [5.74, 6) is 0. The highest BCUT2D eigenvalue weighted by molar-refractivity contribution is 14.1. The molecule has 2 N–H and O–H groups in total. The van der Waals surface area contributed by atoms with Crippen LogP contribution in [0.4, 0.5) is 5.69 Å². The lowest BCUT2D eigenvalue weighted by Crippen LogP contribution is -2.56. The van der Waals surface area contributed by atoms with Gasteiger partial charge in [0.1, 0.15) is 0 Å². The van der Waals surface area contributed by atoms with Gasteiger partial charge in [0.15, 0.2) is 0 Å². The molecule has 0 bridgehead atoms. The zero-order valence-electron chi connectivity index (χ0n) is 9.92. The minimum atomic E-state index is -0.172. The van der Waals surface area contributed by atoms with Crippen LogP contribution in [0.25, 0.3) is 0 Å². The van der Waals surface area contributed by atoms with Crippen LogP contribution < -0.4 is 5.32 Å². The summed E-state index contributed by atoms with van der Waals surface area (Å²) >= 11 is 2.35. The Hall–Kier alpha value is -0.290. The summed E-state index contributed by atoms with van der Waals surface area (Å²) in [7, 11) is 0. The normalized spacial score (nSPS) is 27.3. The lowest BCUT2D eigenvalue weighted by Gasteiger charge is -2.49. The molecular weight excluding hydrogens is 313 g/mol. The molecule has 0 aromatic heterocycles. The number of aliphatic hydroxyl groups excluding tert-OH is 1. The maximum absolute atomic E-state index is 9.68. The van der Waals surface area contributed by atoms with Crippen LogP contribution >= 0.6 is 22.6 Å². The molecule has 2 rings (SSSR count). The first-order valence-corrected chi connectivity index (χ1v) is 6.70. The molecule has 2 atom stereocenters. The Morgan fingerprint density at radius 3 is 2.62 bits per heavy atom. The van der Waals surface area contributed by atoms with Gasteiger partial charge in [-0.2, -0.15) is 0 Å². The van der Waals surface area contributed by atoms with Gasteiger partial charge in [-0.15, -0.1) is 0 Å². The first kappa shape index (κ1) is 12.2. The zero-order valence-corrected chi connectivity index (χ0v) is 12.1. The molecule has 0 radical (unpaired) electrons. The zero-order chi connectivity index (χ0) is 11.9. The number of aryl methyl sites for hydroxylation is 1. The van der Waals surface area contributed by atoms with E-state index in [4.69, 9.17) is 0 Å². The molecule has 1 aromatic rings. The number of hydrogen-bond acceptors (Lipinski definition) is 2. The predicted octanol–water partition coefficient (Wildman–Crippen LogP) is 3.17. The second kappa shape index (κ2) is 4.18. The van der Waals surface area contributed by atoms with E-state index in [-0.39, 0.29) is 11.5 Å². The van der Waals surface area contributed by atoms with Gasteiger partial charge in [-0.1, -0.05) is 19.9 Å². The second-order valence-electron chi connectivity index (χ2n) is 5.23. The van der Waals surface area contributed by atoms with Crippen molar-refractivity contribution in [1.82, 2.24) is 0 Å². The minimum Gasteiger partial charge on any atom is -0.392 e. The van der Waals surface area contributed by atoms with Crippen LogP contribution in [0.1, 0.15) is 25.8 Å². The highest BCUT2D eigenvalue weighted by atomic mass is 127. The van der Waals surface area contributed by atoms with Gasteiger partial charge >= 0.3 is 0 Å². The van der Waals surface area contributed by atoms with Crippen molar-refractivity contribution in [2.24, 2.45) is 5.41 Å². The summed E-state index contributed by atoms with van der Waals surface area (Å²) < 4.78 is 1.28. The van der Waals surface area contributed by atoms with Crippen molar-refractivity contribution in [2.45, 2.75) is 39.3 Å². The molecule has 0 amide bonds. The molecule has 1 aliphatic carbocycles. The number of rotatable bonds is 2. The fraction of sp³-hybridized carbons (Fsp3) is 0.538. The first-order chi connectivity index (χ1) is 7.41. The SMILES string of the molecule is Cc1ccc(NC2CC(O)C2(C)C)cc1I. The molecule has 16 heavy (non-hydrogen) atoms. The second-order valence-corrected chi connectivity index (χ2v) is 6.40. The van der Waals surface area contributed by atoms with Gasteiger partial charge in [0.25, 0.3) is 0 Å². The molecule has 3 heteroatoms. The lowest BCUT2D eigenvalue weighted by atomic mass is 9.64. The van der Waals surface area contributed by atoms with Crippen LogP contribution in [0.2, 0.25) is 0 Å². The fourth-order valence-corrected chi connectivity index (χ4v) is 2.55. The summed E-state index contributed by atoms with van der Waals surface area (Å²) in [6, 6.07) is 6.78. The molecule has 1 saturated carbocycles. The van der Waals surface area contributed by atoms with Crippen LogP contribution in [0.3, 0.4) is 0 Å². The third-order valence-corrected chi connectivity index (χ3v) is 4.89. The summed E-state index contributed by atoms with van der Waals surface area (Å²) in [6.07, 6.45) is 0.673. The van der Waals surface area contributed by atoms with Crippen molar-refractivity contribution in [3.05, 3.63) is 27.3 Å². The van der Waals surface area contributed by atoms with Crippen molar-refractivity contribution >= 4 is 28.3 Å². The van der Waals surface area contributed by atoms with E-state index < -0.39 is 0 Å². The Bertz CT molecular complexity index is 403. The molecule has 0 aliphatic heterocycles. The van der Waals surface area contributed by atoms with Crippen molar-refractivity contribution < 1.29 is 5.11 Å². The first-order valence-electron chi connectivity index (χ1n) is 5.62. The Labute approximate surface area is 111 Å². The maximum Gasteiger partial charge on any atom is 0.0630 e. The highest BCUT2D eigenvalue weighted by Crippen LogP contribution is 2.42. The Kier molecular flexibility index (Phi) is 3.18. The van der Waals surface area contributed by atoms with Crippen molar-refractivity contribution in [1.29, 1.82) is 0 Å². The van der Waals surface area contributed by atoms with Gasteiger partial charge in [0, 0.05) is 20.7 Å². The van der Waals surface area contributed by atoms with E-state index in [2.05, 4.69) is 66.9 Å². The molecule has 1 aromatic carbocycles. The molecule has 1 fully saturated rings. The number of benzene rings is 1. The number of hydrogen-bond donors (Lipinski definition) is 2.